The van der Waals surface area contributed by atoms with E-state index >= 15 is 0 Å². The highest BCUT2D eigenvalue weighted by atomic mass is 79.9. The Morgan fingerprint density at radius 3 is 2.88 bits per heavy atom. The van der Waals surface area contributed by atoms with Crippen LogP contribution in [0.1, 0.15) is 25.8 Å². The number of aliphatic imine (C=N–C) groups is 1. The summed E-state index contributed by atoms with van der Waals surface area (Å²) in [5.41, 5.74) is 0.573. The van der Waals surface area contributed by atoms with Crippen LogP contribution in [0.25, 0.3) is 0 Å². The van der Waals surface area contributed by atoms with E-state index in [2.05, 4.69) is 31.6 Å². The second kappa shape index (κ2) is 8.46. The Bertz CT molecular complexity index is 621. The third-order valence-corrected chi connectivity index (χ3v) is 4.51. The Kier molecular flexibility index (Phi) is 6.60. The molecule has 132 valence electrons. The maximum absolute atomic E-state index is 13.9. The van der Waals surface area contributed by atoms with Gasteiger partial charge in [-0.2, -0.15) is 0 Å². The number of hydrogen-bond donors (Lipinski definition) is 2. The Labute approximate surface area is 150 Å². The fourth-order valence-electron chi connectivity index (χ4n) is 2.68. The zero-order chi connectivity index (χ0) is 17.7. The smallest absolute Gasteiger partial charge is 0.225 e. The highest BCUT2D eigenvalue weighted by Crippen LogP contribution is 2.15. The zero-order valence-corrected chi connectivity index (χ0v) is 15.9. The first-order valence-electron chi connectivity index (χ1n) is 8.10. The van der Waals surface area contributed by atoms with E-state index in [1.54, 1.807) is 13.1 Å². The molecule has 1 aromatic carbocycles. The Hall–Kier alpha value is -1.63. The van der Waals surface area contributed by atoms with Crippen molar-refractivity contribution in [2.75, 3.05) is 20.1 Å². The Morgan fingerprint density at radius 2 is 2.25 bits per heavy atom. The molecule has 1 heterocycles. The van der Waals surface area contributed by atoms with Gasteiger partial charge >= 0.3 is 0 Å². The molecule has 0 saturated carbocycles. The van der Waals surface area contributed by atoms with E-state index in [9.17, 15) is 9.18 Å². The number of nitrogens with one attached hydrogen (secondary N) is 2. The number of nitrogens with zero attached hydrogens (tertiary/aromatic N) is 2. The Balaban J connectivity index is 1.86. The molecule has 1 aliphatic rings. The van der Waals surface area contributed by atoms with Crippen molar-refractivity contribution in [3.63, 3.8) is 0 Å². The molecule has 0 aromatic heterocycles. The van der Waals surface area contributed by atoms with Crippen molar-refractivity contribution in [3.8, 4) is 0 Å². The number of halogens is 2. The van der Waals surface area contributed by atoms with Gasteiger partial charge in [-0.3, -0.25) is 9.79 Å². The summed E-state index contributed by atoms with van der Waals surface area (Å²) in [6, 6.07) is 5.15. The molecular formula is C17H24BrFN4O. The molecule has 2 rings (SSSR count). The maximum Gasteiger partial charge on any atom is 0.225 e. The van der Waals surface area contributed by atoms with Crippen LogP contribution in [0.5, 0.6) is 0 Å². The second-order valence-corrected chi connectivity index (χ2v) is 7.15. The third-order valence-electron chi connectivity index (χ3n) is 4.02. The minimum absolute atomic E-state index is 0.0153. The van der Waals surface area contributed by atoms with Crippen LogP contribution >= 0.6 is 15.9 Å². The van der Waals surface area contributed by atoms with Gasteiger partial charge in [0.15, 0.2) is 5.96 Å². The standard InChI is InChI=1S/C17H24BrFN4O/c1-11(2)16(24)23-7-6-14(10-23)22-17(20-3)21-9-12-4-5-13(18)8-15(12)19/h4-5,8,11,14H,6-7,9-10H2,1-3H3,(H2,20,21,22). The van der Waals surface area contributed by atoms with Gasteiger partial charge in [0.05, 0.1) is 0 Å². The molecule has 1 amide bonds. The molecule has 0 aliphatic carbocycles. The molecule has 7 heteroatoms. The molecule has 1 fully saturated rings. The van der Waals surface area contributed by atoms with E-state index in [4.69, 9.17) is 0 Å². The molecule has 1 saturated heterocycles. The van der Waals surface area contributed by atoms with Crippen LogP contribution in [0.3, 0.4) is 0 Å². The van der Waals surface area contributed by atoms with Crippen LogP contribution in [-0.4, -0.2) is 42.9 Å². The number of carbonyl (C=O) groups excluding carboxylic acids is 1. The number of likely N-dealkylation sites (tertiary alicyclic amines) is 1. The van der Waals surface area contributed by atoms with Gasteiger partial charge in [0.2, 0.25) is 5.91 Å². The minimum atomic E-state index is -0.262. The number of hydrogen-bond acceptors (Lipinski definition) is 2. The van der Waals surface area contributed by atoms with Crippen molar-refractivity contribution in [2.45, 2.75) is 32.9 Å². The quantitative estimate of drug-likeness (QED) is 0.605. The number of guanidine groups is 1. The lowest BCUT2D eigenvalue weighted by Crippen LogP contribution is -2.45. The largest absolute Gasteiger partial charge is 0.352 e. The summed E-state index contributed by atoms with van der Waals surface area (Å²) < 4.78 is 14.6. The third kappa shape index (κ3) is 4.93. The van der Waals surface area contributed by atoms with Gasteiger partial charge in [0, 0.05) is 48.7 Å². The second-order valence-electron chi connectivity index (χ2n) is 6.23. The summed E-state index contributed by atoms with van der Waals surface area (Å²) in [7, 11) is 1.68. The van der Waals surface area contributed by atoms with Gasteiger partial charge in [-0.1, -0.05) is 35.8 Å². The van der Waals surface area contributed by atoms with E-state index in [1.165, 1.54) is 6.07 Å². The number of amides is 1. The van der Waals surface area contributed by atoms with Gasteiger partial charge in [0.1, 0.15) is 5.82 Å². The minimum Gasteiger partial charge on any atom is -0.352 e. The molecule has 2 N–H and O–H groups in total. The predicted molar refractivity (Wildman–Crippen MR) is 97.3 cm³/mol. The SMILES string of the molecule is CN=C(NCc1ccc(Br)cc1F)NC1CCN(C(=O)C(C)C)C1. The van der Waals surface area contributed by atoms with Crippen molar-refractivity contribution in [1.82, 2.24) is 15.5 Å². The molecule has 1 unspecified atom stereocenters. The highest BCUT2D eigenvalue weighted by Gasteiger charge is 2.27. The van der Waals surface area contributed by atoms with Crippen LogP contribution in [0.15, 0.2) is 27.7 Å². The van der Waals surface area contributed by atoms with Crippen LogP contribution in [-0.2, 0) is 11.3 Å². The van der Waals surface area contributed by atoms with E-state index in [-0.39, 0.29) is 23.7 Å². The first-order chi connectivity index (χ1) is 11.4. The van der Waals surface area contributed by atoms with E-state index in [0.29, 0.717) is 29.1 Å². The molecule has 1 aromatic rings. The molecule has 24 heavy (non-hydrogen) atoms. The molecule has 5 nitrogen and oxygen atoms in total. The number of carbonyl (C=O) groups is 1. The molecule has 0 spiro atoms. The van der Waals surface area contributed by atoms with Crippen molar-refractivity contribution < 1.29 is 9.18 Å². The van der Waals surface area contributed by atoms with Gasteiger partial charge < -0.3 is 15.5 Å². The van der Waals surface area contributed by atoms with Gasteiger partial charge in [0.25, 0.3) is 0 Å². The lowest BCUT2D eigenvalue weighted by atomic mass is 10.2. The molecule has 1 aliphatic heterocycles. The highest BCUT2D eigenvalue weighted by molar-refractivity contribution is 9.10. The summed E-state index contributed by atoms with van der Waals surface area (Å²) in [5.74, 6) is 0.545. The predicted octanol–water partition coefficient (Wildman–Crippen LogP) is 2.51. The topological polar surface area (TPSA) is 56.7 Å². The summed E-state index contributed by atoms with van der Waals surface area (Å²) in [5, 5.41) is 6.42. The van der Waals surface area contributed by atoms with Crippen molar-refractivity contribution in [2.24, 2.45) is 10.9 Å². The first kappa shape index (κ1) is 18.7. The van der Waals surface area contributed by atoms with E-state index < -0.39 is 0 Å². The van der Waals surface area contributed by atoms with Gasteiger partial charge in [-0.25, -0.2) is 4.39 Å². The van der Waals surface area contributed by atoms with E-state index in [0.717, 1.165) is 13.0 Å². The molecule has 1 atom stereocenters. The van der Waals surface area contributed by atoms with E-state index in [1.807, 2.05) is 24.8 Å². The normalized spacial score (nSPS) is 18.2. The van der Waals surface area contributed by atoms with Crippen LogP contribution in [0.2, 0.25) is 0 Å². The monoisotopic (exact) mass is 398 g/mol. The van der Waals surface area contributed by atoms with Gasteiger partial charge in [-0.05, 0) is 18.6 Å². The summed E-state index contributed by atoms with van der Waals surface area (Å²) in [4.78, 5) is 18.1. The maximum atomic E-state index is 13.9. The number of benzene rings is 1. The molecule has 0 bridgehead atoms. The van der Waals surface area contributed by atoms with Crippen LogP contribution in [0.4, 0.5) is 4.39 Å². The van der Waals surface area contributed by atoms with Crippen molar-refractivity contribution in [1.29, 1.82) is 0 Å². The summed E-state index contributed by atoms with van der Waals surface area (Å²) in [6.07, 6.45) is 0.881. The van der Waals surface area contributed by atoms with Crippen molar-refractivity contribution in [3.05, 3.63) is 34.1 Å². The molecular weight excluding hydrogens is 375 g/mol. The zero-order valence-electron chi connectivity index (χ0n) is 14.3. The summed E-state index contributed by atoms with van der Waals surface area (Å²) >= 11 is 3.25. The lowest BCUT2D eigenvalue weighted by molar-refractivity contribution is -0.133. The van der Waals surface area contributed by atoms with Crippen molar-refractivity contribution >= 4 is 27.8 Å². The molecule has 0 radical (unpaired) electrons. The summed E-state index contributed by atoms with van der Waals surface area (Å²) in [6.45, 7) is 5.60. The number of rotatable bonds is 4. The van der Waals surface area contributed by atoms with Gasteiger partial charge in [-0.15, -0.1) is 0 Å². The average molecular weight is 399 g/mol. The van der Waals surface area contributed by atoms with Crippen LogP contribution < -0.4 is 10.6 Å². The fourth-order valence-corrected chi connectivity index (χ4v) is 3.01. The van der Waals surface area contributed by atoms with Crippen LogP contribution in [0, 0.1) is 11.7 Å². The lowest BCUT2D eigenvalue weighted by Gasteiger charge is -2.20. The average Bonchev–Trinajstić information content (AvgIpc) is 3.00. The Morgan fingerprint density at radius 1 is 1.50 bits per heavy atom. The first-order valence-corrected chi connectivity index (χ1v) is 8.90. The fraction of sp³-hybridized carbons (Fsp3) is 0.529.